The first kappa shape index (κ1) is 20.2. The maximum Gasteiger partial charge on any atom is 0.269 e. The van der Waals surface area contributed by atoms with Gasteiger partial charge in [-0.15, -0.1) is 11.3 Å². The predicted molar refractivity (Wildman–Crippen MR) is 125 cm³/mol. The van der Waals surface area contributed by atoms with Gasteiger partial charge in [-0.2, -0.15) is 0 Å². The highest BCUT2D eigenvalue weighted by Crippen LogP contribution is 2.36. The molecule has 1 aliphatic carbocycles. The van der Waals surface area contributed by atoms with Crippen LogP contribution in [0.1, 0.15) is 22.4 Å². The maximum absolute atomic E-state index is 13.6. The second-order valence-electron chi connectivity index (χ2n) is 7.26. The second kappa shape index (κ2) is 8.11. The molecule has 0 N–H and O–H groups in total. The summed E-state index contributed by atoms with van der Waals surface area (Å²) in [6, 6.07) is 13.6. The molecule has 0 unspecified atom stereocenters. The highest BCUT2D eigenvalue weighted by molar-refractivity contribution is 7.98. The molecule has 9 heteroatoms. The van der Waals surface area contributed by atoms with Crippen LogP contribution >= 0.6 is 34.7 Å². The lowest BCUT2D eigenvalue weighted by molar-refractivity contribution is -0.384. The Kier molecular flexibility index (Phi) is 5.29. The number of hydrogen-bond acceptors (Lipinski definition) is 6. The first-order valence-electron chi connectivity index (χ1n) is 9.70. The van der Waals surface area contributed by atoms with Crippen LogP contribution in [-0.4, -0.2) is 14.5 Å². The zero-order valence-corrected chi connectivity index (χ0v) is 18.6. The van der Waals surface area contributed by atoms with Gasteiger partial charge in [0.1, 0.15) is 4.83 Å². The Morgan fingerprint density at radius 3 is 2.58 bits per heavy atom. The number of thioether (sulfide) groups is 1. The third-order valence-electron chi connectivity index (χ3n) is 5.31. The van der Waals surface area contributed by atoms with Crippen LogP contribution in [0, 0.1) is 10.1 Å². The number of hydrogen-bond donors (Lipinski definition) is 0. The van der Waals surface area contributed by atoms with E-state index in [1.807, 2.05) is 12.1 Å². The lowest BCUT2D eigenvalue weighted by Crippen LogP contribution is -2.21. The molecule has 0 fully saturated rings. The van der Waals surface area contributed by atoms with Crippen molar-refractivity contribution in [3.63, 3.8) is 0 Å². The number of fused-ring (bicyclic) bond motifs is 3. The van der Waals surface area contributed by atoms with Crippen molar-refractivity contribution in [3.05, 3.63) is 90.0 Å². The molecule has 2 aromatic carbocycles. The zero-order chi connectivity index (χ0) is 21.5. The normalized spacial score (nSPS) is 12.9. The van der Waals surface area contributed by atoms with Crippen molar-refractivity contribution in [1.82, 2.24) is 9.55 Å². The summed E-state index contributed by atoms with van der Waals surface area (Å²) in [5, 5.41) is 12.8. The number of non-ortho nitro benzene ring substituents is 1. The predicted octanol–water partition coefficient (Wildman–Crippen LogP) is 5.79. The van der Waals surface area contributed by atoms with Crippen molar-refractivity contribution in [2.75, 3.05) is 0 Å². The van der Waals surface area contributed by atoms with E-state index in [2.05, 4.69) is 0 Å². The first-order valence-corrected chi connectivity index (χ1v) is 11.9. The van der Waals surface area contributed by atoms with E-state index in [9.17, 15) is 14.9 Å². The quantitative estimate of drug-likeness (QED) is 0.160. The third kappa shape index (κ3) is 3.75. The van der Waals surface area contributed by atoms with Crippen LogP contribution < -0.4 is 5.56 Å². The fourth-order valence-corrected chi connectivity index (χ4v) is 6.20. The molecule has 156 valence electrons. The molecule has 5 rings (SSSR count). The summed E-state index contributed by atoms with van der Waals surface area (Å²) in [7, 11) is 0. The van der Waals surface area contributed by atoms with E-state index in [0.29, 0.717) is 21.6 Å². The molecule has 0 atom stereocenters. The highest BCUT2D eigenvalue weighted by atomic mass is 35.5. The van der Waals surface area contributed by atoms with Gasteiger partial charge >= 0.3 is 0 Å². The number of thiophene rings is 1. The van der Waals surface area contributed by atoms with E-state index >= 15 is 0 Å². The number of rotatable bonds is 5. The summed E-state index contributed by atoms with van der Waals surface area (Å²) in [5.74, 6) is 0.536. The molecule has 1 aliphatic rings. The molecule has 31 heavy (non-hydrogen) atoms. The number of aromatic nitrogens is 2. The summed E-state index contributed by atoms with van der Waals surface area (Å²) in [4.78, 5) is 31.0. The number of benzene rings is 2. The summed E-state index contributed by atoms with van der Waals surface area (Å²) in [5.41, 5.74) is 2.78. The summed E-state index contributed by atoms with van der Waals surface area (Å²) >= 11 is 9.11. The summed E-state index contributed by atoms with van der Waals surface area (Å²) in [6.45, 7) is 0. The van der Waals surface area contributed by atoms with Crippen LogP contribution in [0.2, 0.25) is 5.02 Å². The number of aryl methyl sites for hydroxylation is 2. The van der Waals surface area contributed by atoms with Crippen LogP contribution in [0.3, 0.4) is 0 Å². The minimum absolute atomic E-state index is 0.0551. The molecule has 0 aliphatic heterocycles. The first-order chi connectivity index (χ1) is 15.0. The lowest BCUT2D eigenvalue weighted by atomic mass is 10.2. The molecule has 0 bridgehead atoms. The fourth-order valence-electron chi connectivity index (χ4n) is 3.80. The van der Waals surface area contributed by atoms with Gasteiger partial charge in [0, 0.05) is 27.8 Å². The van der Waals surface area contributed by atoms with Crippen LogP contribution in [0.15, 0.2) is 58.5 Å². The molecular weight excluding hydrogens is 454 g/mol. The van der Waals surface area contributed by atoms with Gasteiger partial charge in [0.15, 0.2) is 5.16 Å². The summed E-state index contributed by atoms with van der Waals surface area (Å²) in [6.07, 6.45) is 3.00. The van der Waals surface area contributed by atoms with Gasteiger partial charge in [0.05, 0.1) is 16.0 Å². The Hall–Kier alpha value is -2.68. The average molecular weight is 470 g/mol. The molecule has 0 spiro atoms. The number of nitrogens with zero attached hydrogens (tertiary/aromatic N) is 3. The zero-order valence-electron chi connectivity index (χ0n) is 16.2. The molecule has 0 saturated heterocycles. The number of halogens is 1. The van der Waals surface area contributed by atoms with Crippen molar-refractivity contribution < 1.29 is 4.92 Å². The second-order valence-corrected chi connectivity index (χ2v) is 9.72. The van der Waals surface area contributed by atoms with E-state index in [-0.39, 0.29) is 11.2 Å². The standard InChI is InChI=1S/C22H16ClN3O3S2/c23-14-6-10-15(11-7-14)25-21(27)19-17-2-1-3-18(17)31-20(19)24-22(25)30-12-13-4-8-16(9-5-13)26(28)29/h4-11H,1-3,12H2. The largest absolute Gasteiger partial charge is 0.269 e. The molecule has 0 amide bonds. The lowest BCUT2D eigenvalue weighted by Gasteiger charge is -2.12. The SMILES string of the molecule is O=c1c2c3c(sc2nc(SCc2ccc([N+](=O)[O-])cc2)n1-c1ccc(Cl)cc1)CCC3. The van der Waals surface area contributed by atoms with E-state index < -0.39 is 4.92 Å². The van der Waals surface area contributed by atoms with E-state index in [1.165, 1.54) is 28.8 Å². The Labute approximate surface area is 190 Å². The highest BCUT2D eigenvalue weighted by Gasteiger charge is 2.24. The van der Waals surface area contributed by atoms with Gasteiger partial charge in [-0.25, -0.2) is 4.98 Å². The molecule has 2 aromatic heterocycles. The topological polar surface area (TPSA) is 78.0 Å². The maximum atomic E-state index is 13.6. The Balaban J connectivity index is 1.59. The van der Waals surface area contributed by atoms with Crippen LogP contribution in [0.4, 0.5) is 5.69 Å². The van der Waals surface area contributed by atoms with Gasteiger partial charge in [-0.05, 0) is 54.7 Å². The van der Waals surface area contributed by atoms with Crippen LogP contribution in [0.25, 0.3) is 15.9 Å². The monoisotopic (exact) mass is 469 g/mol. The van der Waals surface area contributed by atoms with Gasteiger partial charge < -0.3 is 0 Å². The number of nitro groups is 1. The molecule has 6 nitrogen and oxygen atoms in total. The average Bonchev–Trinajstić information content (AvgIpc) is 3.34. The summed E-state index contributed by atoms with van der Waals surface area (Å²) < 4.78 is 1.65. The molecule has 0 radical (unpaired) electrons. The minimum Gasteiger partial charge on any atom is -0.268 e. The molecule has 0 saturated carbocycles. The Bertz CT molecular complexity index is 1360. The van der Waals surface area contributed by atoms with Crippen LogP contribution in [-0.2, 0) is 18.6 Å². The van der Waals surface area contributed by atoms with Gasteiger partial charge in [0.2, 0.25) is 0 Å². The van der Waals surface area contributed by atoms with E-state index in [4.69, 9.17) is 16.6 Å². The van der Waals surface area contributed by atoms with Gasteiger partial charge in [-0.3, -0.25) is 19.5 Å². The van der Waals surface area contributed by atoms with Crippen LogP contribution in [0.5, 0.6) is 0 Å². The number of nitro benzene ring substituents is 1. The third-order valence-corrected chi connectivity index (χ3v) is 7.76. The van der Waals surface area contributed by atoms with Gasteiger partial charge in [0.25, 0.3) is 11.2 Å². The fraction of sp³-hybridized carbons (Fsp3) is 0.182. The molecule has 4 aromatic rings. The minimum atomic E-state index is -0.416. The van der Waals surface area contributed by atoms with Crippen molar-refractivity contribution in [2.45, 2.75) is 30.2 Å². The van der Waals surface area contributed by atoms with Crippen molar-refractivity contribution >= 4 is 50.6 Å². The van der Waals surface area contributed by atoms with Gasteiger partial charge in [-0.1, -0.05) is 35.5 Å². The smallest absolute Gasteiger partial charge is 0.268 e. The van der Waals surface area contributed by atoms with Crippen molar-refractivity contribution in [2.24, 2.45) is 0 Å². The van der Waals surface area contributed by atoms with Crippen molar-refractivity contribution in [1.29, 1.82) is 0 Å². The van der Waals surface area contributed by atoms with E-state index in [0.717, 1.165) is 40.6 Å². The molecule has 2 heterocycles. The van der Waals surface area contributed by atoms with Crippen molar-refractivity contribution in [3.8, 4) is 5.69 Å². The van der Waals surface area contributed by atoms with E-state index in [1.54, 1.807) is 40.2 Å². The Morgan fingerprint density at radius 2 is 1.87 bits per heavy atom. The molecular formula is C22H16ClN3O3S2. The Morgan fingerprint density at radius 1 is 1.13 bits per heavy atom.